The van der Waals surface area contributed by atoms with Gasteiger partial charge in [0, 0.05) is 44.8 Å². The van der Waals surface area contributed by atoms with Gasteiger partial charge < -0.3 is 21.1 Å². The van der Waals surface area contributed by atoms with E-state index < -0.39 is 0 Å². The van der Waals surface area contributed by atoms with E-state index in [1.54, 1.807) is 6.07 Å². The van der Waals surface area contributed by atoms with Gasteiger partial charge in [-0.05, 0) is 43.4 Å². The Morgan fingerprint density at radius 2 is 1.85 bits per heavy atom. The Labute approximate surface area is 160 Å². The van der Waals surface area contributed by atoms with Crippen LogP contribution in [0.2, 0.25) is 0 Å². The van der Waals surface area contributed by atoms with Crippen molar-refractivity contribution in [2.75, 3.05) is 42.1 Å². The Morgan fingerprint density at radius 3 is 2.59 bits per heavy atom. The van der Waals surface area contributed by atoms with E-state index in [1.165, 1.54) is 12.8 Å². The fourth-order valence-corrected chi connectivity index (χ4v) is 3.94. The van der Waals surface area contributed by atoms with Gasteiger partial charge in [0.1, 0.15) is 17.4 Å². The fourth-order valence-electron chi connectivity index (χ4n) is 3.94. The molecule has 3 heterocycles. The molecule has 2 fully saturated rings. The quantitative estimate of drug-likeness (QED) is 0.747. The van der Waals surface area contributed by atoms with Gasteiger partial charge in [-0.3, -0.25) is 4.90 Å². The number of phenols is 1. The largest absolute Gasteiger partial charge is 0.508 e. The highest BCUT2D eigenvalue weighted by Gasteiger charge is 2.21. The van der Waals surface area contributed by atoms with Crippen molar-refractivity contribution in [2.24, 2.45) is 0 Å². The number of hydrogen-bond acceptors (Lipinski definition) is 7. The van der Waals surface area contributed by atoms with E-state index in [9.17, 15) is 5.11 Å². The van der Waals surface area contributed by atoms with Crippen molar-refractivity contribution < 1.29 is 5.11 Å². The van der Waals surface area contributed by atoms with E-state index in [0.29, 0.717) is 17.6 Å². The topological polar surface area (TPSA) is 90.5 Å². The second kappa shape index (κ2) is 8.00. The van der Waals surface area contributed by atoms with Gasteiger partial charge in [0.15, 0.2) is 0 Å². The van der Waals surface area contributed by atoms with Crippen molar-refractivity contribution in [3.8, 4) is 5.75 Å². The number of nitrogens with two attached hydrogens (primary N) is 1. The molecule has 7 heteroatoms. The van der Waals surface area contributed by atoms with Crippen molar-refractivity contribution in [3.05, 3.63) is 35.9 Å². The number of anilines is 3. The SMILES string of the molecule is Nc1cc(NC2CCN(Cc3cccc(O)c3)CC2)nc(N2CCCC2)n1. The van der Waals surface area contributed by atoms with Gasteiger partial charge in [-0.25, -0.2) is 0 Å². The monoisotopic (exact) mass is 368 g/mol. The average molecular weight is 368 g/mol. The highest BCUT2D eigenvalue weighted by atomic mass is 16.3. The summed E-state index contributed by atoms with van der Waals surface area (Å²) in [6.07, 6.45) is 4.50. The maximum Gasteiger partial charge on any atom is 0.229 e. The van der Waals surface area contributed by atoms with Crippen molar-refractivity contribution in [2.45, 2.75) is 38.3 Å². The summed E-state index contributed by atoms with van der Waals surface area (Å²) in [6.45, 7) is 4.94. The van der Waals surface area contributed by atoms with Crippen LogP contribution in [0.15, 0.2) is 30.3 Å². The second-order valence-corrected chi connectivity index (χ2v) is 7.54. The number of benzene rings is 1. The van der Waals surface area contributed by atoms with Crippen LogP contribution in [-0.4, -0.2) is 52.2 Å². The zero-order valence-corrected chi connectivity index (χ0v) is 15.6. The van der Waals surface area contributed by atoms with E-state index in [4.69, 9.17) is 5.73 Å². The van der Waals surface area contributed by atoms with Gasteiger partial charge in [0.2, 0.25) is 5.95 Å². The smallest absolute Gasteiger partial charge is 0.229 e. The van der Waals surface area contributed by atoms with Crippen LogP contribution in [0.3, 0.4) is 0 Å². The highest BCUT2D eigenvalue weighted by molar-refractivity contribution is 5.51. The van der Waals surface area contributed by atoms with Gasteiger partial charge >= 0.3 is 0 Å². The third-order valence-electron chi connectivity index (χ3n) is 5.38. The first-order chi connectivity index (χ1) is 13.2. The molecule has 4 N–H and O–H groups in total. The third-order valence-corrected chi connectivity index (χ3v) is 5.38. The van der Waals surface area contributed by atoms with E-state index >= 15 is 0 Å². The third kappa shape index (κ3) is 4.60. The molecular formula is C20H28N6O. The van der Waals surface area contributed by atoms with Crippen LogP contribution >= 0.6 is 0 Å². The molecule has 2 saturated heterocycles. The number of aromatic nitrogens is 2. The molecule has 0 unspecified atom stereocenters. The number of likely N-dealkylation sites (tertiary alicyclic amines) is 1. The Hall–Kier alpha value is -2.54. The molecule has 2 aliphatic rings. The highest BCUT2D eigenvalue weighted by Crippen LogP contribution is 2.22. The average Bonchev–Trinajstić information content (AvgIpc) is 3.18. The molecule has 0 atom stereocenters. The molecule has 0 radical (unpaired) electrons. The molecule has 7 nitrogen and oxygen atoms in total. The lowest BCUT2D eigenvalue weighted by Gasteiger charge is -2.32. The summed E-state index contributed by atoms with van der Waals surface area (Å²) in [6, 6.07) is 9.74. The molecule has 0 aliphatic carbocycles. The van der Waals surface area contributed by atoms with Crippen molar-refractivity contribution in [3.63, 3.8) is 0 Å². The van der Waals surface area contributed by atoms with E-state index in [2.05, 4.69) is 31.2 Å². The molecule has 27 heavy (non-hydrogen) atoms. The molecule has 0 saturated carbocycles. The number of rotatable bonds is 5. The van der Waals surface area contributed by atoms with E-state index in [-0.39, 0.29) is 0 Å². The Balaban J connectivity index is 1.32. The Morgan fingerprint density at radius 1 is 1.07 bits per heavy atom. The standard InChI is InChI=1S/C20H28N6O/c21-18-13-19(24-20(23-18)26-8-1-2-9-26)22-16-6-10-25(11-7-16)14-15-4-3-5-17(27)12-15/h3-5,12-13,16,27H,1-2,6-11,14H2,(H3,21,22,23,24). The van der Waals surface area contributed by atoms with Crippen LogP contribution in [-0.2, 0) is 6.54 Å². The molecule has 4 rings (SSSR count). The summed E-state index contributed by atoms with van der Waals surface area (Å²) in [7, 11) is 0. The molecule has 144 valence electrons. The summed E-state index contributed by atoms with van der Waals surface area (Å²) < 4.78 is 0. The van der Waals surface area contributed by atoms with Crippen molar-refractivity contribution in [1.29, 1.82) is 0 Å². The van der Waals surface area contributed by atoms with Crippen molar-refractivity contribution in [1.82, 2.24) is 14.9 Å². The van der Waals surface area contributed by atoms with E-state index in [0.717, 1.165) is 62.9 Å². The first-order valence-electron chi connectivity index (χ1n) is 9.82. The van der Waals surface area contributed by atoms with Gasteiger partial charge in [0.05, 0.1) is 0 Å². The number of hydrogen-bond donors (Lipinski definition) is 3. The maximum absolute atomic E-state index is 9.62. The van der Waals surface area contributed by atoms with Crippen molar-refractivity contribution >= 4 is 17.6 Å². The fraction of sp³-hybridized carbons (Fsp3) is 0.500. The van der Waals surface area contributed by atoms with Crippen LogP contribution in [0.5, 0.6) is 5.75 Å². The maximum atomic E-state index is 9.62. The van der Waals surface area contributed by atoms with Crippen LogP contribution in [0, 0.1) is 0 Å². The molecular weight excluding hydrogens is 340 g/mol. The lowest BCUT2D eigenvalue weighted by Crippen LogP contribution is -2.38. The molecule has 2 aliphatic heterocycles. The zero-order chi connectivity index (χ0) is 18.6. The number of nitrogens with zero attached hydrogens (tertiary/aromatic N) is 4. The first kappa shape index (κ1) is 17.9. The first-order valence-corrected chi connectivity index (χ1v) is 9.82. The molecule has 1 aromatic heterocycles. The summed E-state index contributed by atoms with van der Waals surface area (Å²) in [4.78, 5) is 13.7. The molecule has 0 spiro atoms. The van der Waals surface area contributed by atoms with Gasteiger partial charge in [-0.2, -0.15) is 9.97 Å². The summed E-state index contributed by atoms with van der Waals surface area (Å²) in [5.74, 6) is 2.43. The number of nitrogen functional groups attached to an aromatic ring is 1. The predicted octanol–water partition coefficient (Wildman–Crippen LogP) is 2.44. The molecule has 0 amide bonds. The van der Waals surface area contributed by atoms with Crippen LogP contribution < -0.4 is 16.0 Å². The van der Waals surface area contributed by atoms with Crippen LogP contribution in [0.1, 0.15) is 31.2 Å². The molecule has 2 aromatic rings. The number of phenolic OH excluding ortho intramolecular Hbond substituents is 1. The Kier molecular flexibility index (Phi) is 5.29. The number of piperidine rings is 1. The van der Waals surface area contributed by atoms with Crippen LogP contribution in [0.25, 0.3) is 0 Å². The summed E-state index contributed by atoms with van der Waals surface area (Å²) in [5.41, 5.74) is 7.16. The lowest BCUT2D eigenvalue weighted by molar-refractivity contribution is 0.211. The molecule has 0 bridgehead atoms. The van der Waals surface area contributed by atoms with E-state index in [1.807, 2.05) is 18.2 Å². The molecule has 1 aromatic carbocycles. The minimum Gasteiger partial charge on any atom is -0.508 e. The lowest BCUT2D eigenvalue weighted by atomic mass is 10.0. The minimum absolute atomic E-state index is 0.333. The predicted molar refractivity (Wildman–Crippen MR) is 108 cm³/mol. The second-order valence-electron chi connectivity index (χ2n) is 7.54. The summed E-state index contributed by atoms with van der Waals surface area (Å²) in [5, 5.41) is 13.2. The van der Waals surface area contributed by atoms with Gasteiger partial charge in [-0.15, -0.1) is 0 Å². The summed E-state index contributed by atoms with van der Waals surface area (Å²) >= 11 is 0. The number of nitrogens with one attached hydrogen (secondary N) is 1. The Bertz CT molecular complexity index is 769. The zero-order valence-electron chi connectivity index (χ0n) is 15.6. The minimum atomic E-state index is 0.333. The van der Waals surface area contributed by atoms with Gasteiger partial charge in [-0.1, -0.05) is 12.1 Å². The van der Waals surface area contributed by atoms with Gasteiger partial charge in [0.25, 0.3) is 0 Å². The van der Waals surface area contributed by atoms with Crippen LogP contribution in [0.4, 0.5) is 17.6 Å². The number of aromatic hydroxyl groups is 1. The normalized spacial score (nSPS) is 18.7.